The normalized spacial score (nSPS) is 23.5. The molecule has 3 rings (SSSR count). The molecule has 2 N–H and O–H groups in total. The number of piperazine rings is 1. The number of carbonyl (C=O) groups is 1. The second kappa shape index (κ2) is 8.29. The average molecular weight is 352 g/mol. The molecule has 2 atom stereocenters. The summed E-state index contributed by atoms with van der Waals surface area (Å²) in [6, 6.07) is 5.59. The molecule has 8 heteroatoms. The van der Waals surface area contributed by atoms with Crippen LogP contribution >= 0.6 is 12.4 Å². The predicted octanol–water partition coefficient (Wildman–Crippen LogP) is 0.530. The number of halogens is 1. The first-order valence-corrected chi connectivity index (χ1v) is 7.96. The van der Waals surface area contributed by atoms with Crippen molar-refractivity contribution in [1.29, 1.82) is 5.26 Å². The number of hydrogen-bond acceptors (Lipinski definition) is 6. The van der Waals surface area contributed by atoms with Crippen molar-refractivity contribution in [2.45, 2.75) is 25.0 Å². The fourth-order valence-corrected chi connectivity index (χ4v) is 3.08. The van der Waals surface area contributed by atoms with Crippen LogP contribution in [0, 0.1) is 11.3 Å². The molecule has 0 bridgehead atoms. The van der Waals surface area contributed by atoms with Crippen molar-refractivity contribution in [3.05, 3.63) is 23.9 Å². The van der Waals surface area contributed by atoms with Crippen molar-refractivity contribution >= 4 is 24.1 Å². The fourth-order valence-electron chi connectivity index (χ4n) is 3.08. The molecule has 0 aliphatic carbocycles. The van der Waals surface area contributed by atoms with E-state index in [1.165, 1.54) is 0 Å². The van der Waals surface area contributed by atoms with Crippen LogP contribution in [0.4, 0.5) is 5.82 Å². The average Bonchev–Trinajstić information content (AvgIpc) is 3.10. The largest absolute Gasteiger partial charge is 0.364 e. The van der Waals surface area contributed by atoms with Gasteiger partial charge in [-0.15, -0.1) is 12.4 Å². The van der Waals surface area contributed by atoms with Crippen LogP contribution in [0.25, 0.3) is 0 Å². The number of anilines is 1. The summed E-state index contributed by atoms with van der Waals surface area (Å²) in [6.07, 6.45) is 2.94. The van der Waals surface area contributed by atoms with E-state index in [-0.39, 0.29) is 30.5 Å². The number of nitriles is 1. The van der Waals surface area contributed by atoms with E-state index in [0.717, 1.165) is 18.7 Å². The minimum atomic E-state index is -0.338. The highest BCUT2D eigenvalue weighted by molar-refractivity contribution is 5.85. The molecule has 7 nitrogen and oxygen atoms in total. The van der Waals surface area contributed by atoms with Gasteiger partial charge in [0.2, 0.25) is 0 Å². The van der Waals surface area contributed by atoms with Gasteiger partial charge < -0.3 is 20.3 Å². The van der Waals surface area contributed by atoms with E-state index in [9.17, 15) is 4.79 Å². The molecule has 0 unspecified atom stereocenters. The van der Waals surface area contributed by atoms with Gasteiger partial charge in [0.05, 0.1) is 17.7 Å². The third-order valence-electron chi connectivity index (χ3n) is 4.44. The van der Waals surface area contributed by atoms with E-state index >= 15 is 0 Å². The van der Waals surface area contributed by atoms with Crippen molar-refractivity contribution < 1.29 is 9.53 Å². The Kier molecular flexibility index (Phi) is 6.37. The maximum absolute atomic E-state index is 12.5. The topological polar surface area (TPSA) is 95.5 Å². The van der Waals surface area contributed by atoms with E-state index in [1.54, 1.807) is 18.3 Å². The molecule has 1 aromatic heterocycles. The van der Waals surface area contributed by atoms with Gasteiger partial charge in [0.1, 0.15) is 11.9 Å². The molecular formula is C16H22ClN5O2. The number of hydrogen-bond donors (Lipinski definition) is 1. The number of nitrogens with zero attached hydrogens (tertiary/aromatic N) is 4. The second-order valence-corrected chi connectivity index (χ2v) is 5.89. The first kappa shape index (κ1) is 18.5. The lowest BCUT2D eigenvalue weighted by Crippen LogP contribution is -2.51. The maximum atomic E-state index is 12.5. The van der Waals surface area contributed by atoms with Crippen molar-refractivity contribution in [1.82, 2.24) is 9.88 Å². The smallest absolute Gasteiger partial charge is 0.251 e. The number of amides is 1. The van der Waals surface area contributed by atoms with Crippen molar-refractivity contribution in [3.63, 3.8) is 0 Å². The fraction of sp³-hybridized carbons (Fsp3) is 0.562. The molecule has 1 amide bonds. The van der Waals surface area contributed by atoms with Crippen LogP contribution in [0.5, 0.6) is 0 Å². The second-order valence-electron chi connectivity index (χ2n) is 5.89. The van der Waals surface area contributed by atoms with Gasteiger partial charge in [-0.05, 0) is 25.0 Å². The van der Waals surface area contributed by atoms with Crippen LogP contribution in [0.3, 0.4) is 0 Å². The summed E-state index contributed by atoms with van der Waals surface area (Å²) in [4.78, 5) is 20.8. The third kappa shape index (κ3) is 3.96. The highest BCUT2D eigenvalue weighted by Gasteiger charge is 2.34. The number of ether oxygens (including phenoxy) is 1. The van der Waals surface area contributed by atoms with Gasteiger partial charge >= 0.3 is 0 Å². The Morgan fingerprint density at radius 3 is 2.75 bits per heavy atom. The van der Waals surface area contributed by atoms with E-state index < -0.39 is 0 Å². The van der Waals surface area contributed by atoms with Crippen LogP contribution in [0.15, 0.2) is 18.3 Å². The molecule has 3 heterocycles. The quantitative estimate of drug-likeness (QED) is 0.853. The monoisotopic (exact) mass is 351 g/mol. The molecule has 2 fully saturated rings. The summed E-state index contributed by atoms with van der Waals surface area (Å²) in [7, 11) is 0. The zero-order valence-electron chi connectivity index (χ0n) is 13.4. The number of aromatic nitrogens is 1. The predicted molar refractivity (Wildman–Crippen MR) is 91.9 cm³/mol. The van der Waals surface area contributed by atoms with Crippen LogP contribution in [-0.4, -0.2) is 60.7 Å². The molecule has 1 aromatic rings. The van der Waals surface area contributed by atoms with E-state index in [4.69, 9.17) is 15.7 Å². The molecule has 2 aliphatic heterocycles. The van der Waals surface area contributed by atoms with Gasteiger partial charge in [-0.3, -0.25) is 4.79 Å². The Labute approximate surface area is 147 Å². The summed E-state index contributed by atoms with van der Waals surface area (Å²) >= 11 is 0. The Hall–Kier alpha value is -1.88. The summed E-state index contributed by atoms with van der Waals surface area (Å²) in [5.41, 5.74) is 6.19. The number of nitrogens with two attached hydrogens (primary N) is 1. The molecule has 2 saturated heterocycles. The zero-order chi connectivity index (χ0) is 16.2. The van der Waals surface area contributed by atoms with E-state index in [1.807, 2.05) is 4.90 Å². The van der Waals surface area contributed by atoms with Gasteiger partial charge in [-0.2, -0.15) is 5.26 Å². The Morgan fingerprint density at radius 2 is 2.12 bits per heavy atom. The summed E-state index contributed by atoms with van der Waals surface area (Å²) < 4.78 is 5.69. The van der Waals surface area contributed by atoms with Crippen LogP contribution < -0.4 is 10.6 Å². The molecular weight excluding hydrogens is 330 g/mol. The minimum absolute atomic E-state index is 0. The van der Waals surface area contributed by atoms with E-state index in [0.29, 0.717) is 38.3 Å². The first-order chi connectivity index (χ1) is 11.2. The van der Waals surface area contributed by atoms with Crippen molar-refractivity contribution in [2.75, 3.05) is 37.6 Å². The third-order valence-corrected chi connectivity index (χ3v) is 4.44. The summed E-state index contributed by atoms with van der Waals surface area (Å²) in [6.45, 7) is 3.18. The number of rotatable bonds is 3. The maximum Gasteiger partial charge on any atom is 0.251 e. The molecule has 24 heavy (non-hydrogen) atoms. The van der Waals surface area contributed by atoms with Crippen LogP contribution in [0.1, 0.15) is 18.4 Å². The van der Waals surface area contributed by atoms with Gasteiger partial charge in [-0.1, -0.05) is 0 Å². The molecule has 2 aliphatic rings. The SMILES string of the molecule is Cl.N#Cc1ccnc(N2CCN(C(=O)[C@@H]3CC[C@H](CN)O3)CC2)c1. The lowest BCUT2D eigenvalue weighted by molar-refractivity contribution is -0.143. The number of pyridine rings is 1. The van der Waals surface area contributed by atoms with Gasteiger partial charge in [-0.25, -0.2) is 4.98 Å². The Bertz CT molecular complexity index is 613. The van der Waals surface area contributed by atoms with Gasteiger partial charge in [0, 0.05) is 38.9 Å². The molecule has 130 valence electrons. The zero-order valence-corrected chi connectivity index (χ0v) is 14.2. The van der Waals surface area contributed by atoms with E-state index in [2.05, 4.69) is 16.0 Å². The van der Waals surface area contributed by atoms with Crippen LogP contribution in [-0.2, 0) is 9.53 Å². The first-order valence-electron chi connectivity index (χ1n) is 7.96. The minimum Gasteiger partial charge on any atom is -0.364 e. The molecule has 0 spiro atoms. The van der Waals surface area contributed by atoms with Crippen molar-refractivity contribution in [3.8, 4) is 6.07 Å². The highest BCUT2D eigenvalue weighted by Crippen LogP contribution is 2.22. The molecule has 0 radical (unpaired) electrons. The van der Waals surface area contributed by atoms with Crippen molar-refractivity contribution in [2.24, 2.45) is 5.73 Å². The number of carbonyl (C=O) groups excluding carboxylic acids is 1. The summed E-state index contributed by atoms with van der Waals surface area (Å²) in [5.74, 6) is 0.857. The molecule has 0 aromatic carbocycles. The molecule has 0 saturated carbocycles. The van der Waals surface area contributed by atoms with Gasteiger partial charge in [0.25, 0.3) is 5.91 Å². The highest BCUT2D eigenvalue weighted by atomic mass is 35.5. The van der Waals surface area contributed by atoms with Gasteiger partial charge in [0.15, 0.2) is 0 Å². The lowest BCUT2D eigenvalue weighted by Gasteiger charge is -2.36. The Morgan fingerprint density at radius 1 is 1.38 bits per heavy atom. The van der Waals surface area contributed by atoms with Crippen LogP contribution in [0.2, 0.25) is 0 Å². The Balaban J connectivity index is 0.00000208. The summed E-state index contributed by atoms with van der Waals surface area (Å²) in [5, 5.41) is 8.97. The standard InChI is InChI=1S/C16H21N5O2.ClH/c17-10-12-3-4-19-15(9-12)20-5-7-21(8-6-20)16(22)14-2-1-13(11-18)23-14;/h3-4,9,13-14H,1-2,5-8,11,18H2;1H/t13-,14+;/m1./s1. The lowest BCUT2D eigenvalue weighted by atomic mass is 10.1.